The molecule has 26 heavy (non-hydrogen) atoms. The van der Waals surface area contributed by atoms with Crippen LogP contribution >= 0.6 is 0 Å². The maximum atomic E-state index is 5.89. The number of hydrogen-bond acceptors (Lipinski definition) is 4. The standard InChI is InChI=1S/C20H34N4O2/c1-7-25-17-11-15-10-14(2)26-18(15)12-16(17)13-23-19(21-6)22-8-9-24-20(3,4)5/h11-12,14,24H,7-10,13H2,1-6H3,(H2,21,22,23). The Kier molecular flexibility index (Phi) is 7.14. The van der Waals surface area contributed by atoms with E-state index < -0.39 is 0 Å². The van der Waals surface area contributed by atoms with Crippen molar-refractivity contribution in [1.82, 2.24) is 16.0 Å². The topological polar surface area (TPSA) is 66.9 Å². The molecule has 6 heteroatoms. The molecule has 0 aliphatic carbocycles. The monoisotopic (exact) mass is 362 g/mol. The van der Waals surface area contributed by atoms with E-state index in [1.54, 1.807) is 7.05 Å². The molecule has 0 amide bonds. The van der Waals surface area contributed by atoms with E-state index in [0.717, 1.165) is 42.5 Å². The van der Waals surface area contributed by atoms with Crippen molar-refractivity contribution in [3.05, 3.63) is 23.3 Å². The zero-order valence-electron chi connectivity index (χ0n) is 17.0. The van der Waals surface area contributed by atoms with Gasteiger partial charge in [-0.2, -0.15) is 0 Å². The first-order chi connectivity index (χ1) is 12.3. The summed E-state index contributed by atoms with van der Waals surface area (Å²) >= 11 is 0. The van der Waals surface area contributed by atoms with Crippen molar-refractivity contribution in [3.63, 3.8) is 0 Å². The van der Waals surface area contributed by atoms with Crippen molar-refractivity contribution < 1.29 is 9.47 Å². The van der Waals surface area contributed by atoms with E-state index in [1.165, 1.54) is 5.56 Å². The number of fused-ring (bicyclic) bond motifs is 1. The maximum Gasteiger partial charge on any atom is 0.191 e. The van der Waals surface area contributed by atoms with Gasteiger partial charge in [-0.1, -0.05) is 0 Å². The molecule has 3 N–H and O–H groups in total. The van der Waals surface area contributed by atoms with Gasteiger partial charge in [0.1, 0.15) is 17.6 Å². The summed E-state index contributed by atoms with van der Waals surface area (Å²) in [4.78, 5) is 4.29. The van der Waals surface area contributed by atoms with Crippen molar-refractivity contribution in [2.75, 3.05) is 26.7 Å². The summed E-state index contributed by atoms with van der Waals surface area (Å²) in [7, 11) is 1.78. The van der Waals surface area contributed by atoms with E-state index in [-0.39, 0.29) is 11.6 Å². The fourth-order valence-corrected chi connectivity index (χ4v) is 2.93. The minimum absolute atomic E-state index is 0.118. The number of rotatable bonds is 7. The van der Waals surface area contributed by atoms with Crippen molar-refractivity contribution >= 4 is 5.96 Å². The summed E-state index contributed by atoms with van der Waals surface area (Å²) in [5.41, 5.74) is 2.42. The first-order valence-corrected chi connectivity index (χ1v) is 9.47. The molecule has 146 valence electrons. The van der Waals surface area contributed by atoms with Crippen LogP contribution < -0.4 is 25.4 Å². The summed E-state index contributed by atoms with van der Waals surface area (Å²) in [5.74, 6) is 2.66. The molecular weight excluding hydrogens is 328 g/mol. The first kappa shape index (κ1) is 20.4. The highest BCUT2D eigenvalue weighted by molar-refractivity contribution is 5.79. The van der Waals surface area contributed by atoms with E-state index in [1.807, 2.05) is 6.92 Å². The third kappa shape index (κ3) is 6.09. The number of benzene rings is 1. The van der Waals surface area contributed by atoms with Crippen molar-refractivity contribution in [3.8, 4) is 11.5 Å². The quantitative estimate of drug-likeness (QED) is 0.395. The molecule has 1 heterocycles. The zero-order valence-corrected chi connectivity index (χ0v) is 17.0. The van der Waals surface area contributed by atoms with Crippen LogP contribution in [0.2, 0.25) is 0 Å². The van der Waals surface area contributed by atoms with E-state index in [2.05, 4.69) is 60.8 Å². The Morgan fingerprint density at radius 1 is 1.27 bits per heavy atom. The van der Waals surface area contributed by atoms with Crippen LogP contribution in [0.1, 0.15) is 45.7 Å². The van der Waals surface area contributed by atoms with E-state index in [4.69, 9.17) is 9.47 Å². The molecule has 0 saturated carbocycles. The van der Waals surface area contributed by atoms with Crippen molar-refractivity contribution in [2.24, 2.45) is 4.99 Å². The fraction of sp³-hybridized carbons (Fsp3) is 0.650. The molecule has 0 bridgehead atoms. The van der Waals surface area contributed by atoms with Crippen molar-refractivity contribution in [1.29, 1.82) is 0 Å². The fourth-order valence-electron chi connectivity index (χ4n) is 2.93. The van der Waals surface area contributed by atoms with Gasteiger partial charge in [0.15, 0.2) is 5.96 Å². The van der Waals surface area contributed by atoms with Crippen LogP contribution in [0.25, 0.3) is 0 Å². The predicted molar refractivity (Wildman–Crippen MR) is 107 cm³/mol. The predicted octanol–water partition coefficient (Wildman–Crippen LogP) is 2.46. The average Bonchev–Trinajstić information content (AvgIpc) is 2.92. The van der Waals surface area contributed by atoms with Crippen LogP contribution in [0.4, 0.5) is 0 Å². The molecule has 1 atom stereocenters. The number of guanidine groups is 1. The van der Waals surface area contributed by atoms with Crippen LogP contribution in [-0.2, 0) is 13.0 Å². The Morgan fingerprint density at radius 2 is 2.04 bits per heavy atom. The first-order valence-electron chi connectivity index (χ1n) is 9.47. The van der Waals surface area contributed by atoms with Gasteiger partial charge in [-0.3, -0.25) is 4.99 Å². The largest absolute Gasteiger partial charge is 0.494 e. The molecule has 2 rings (SSSR count). The summed E-state index contributed by atoms with van der Waals surface area (Å²) in [6.07, 6.45) is 1.17. The summed E-state index contributed by atoms with van der Waals surface area (Å²) in [6, 6.07) is 4.20. The Hall–Kier alpha value is -1.95. The second kappa shape index (κ2) is 9.12. The van der Waals surface area contributed by atoms with Gasteiger partial charge in [0.2, 0.25) is 0 Å². The van der Waals surface area contributed by atoms with Gasteiger partial charge in [0.05, 0.1) is 6.61 Å². The van der Waals surface area contributed by atoms with Gasteiger partial charge in [0, 0.05) is 49.8 Å². The molecular formula is C20H34N4O2. The lowest BCUT2D eigenvalue weighted by Crippen LogP contribution is -2.44. The lowest BCUT2D eigenvalue weighted by Gasteiger charge is -2.21. The maximum absolute atomic E-state index is 5.89. The number of nitrogens with zero attached hydrogens (tertiary/aromatic N) is 1. The Bertz CT molecular complexity index is 623. The normalized spacial score (nSPS) is 16.8. The molecule has 6 nitrogen and oxygen atoms in total. The average molecular weight is 363 g/mol. The molecule has 0 aromatic heterocycles. The van der Waals surface area contributed by atoms with Gasteiger partial charge in [0.25, 0.3) is 0 Å². The highest BCUT2D eigenvalue weighted by Crippen LogP contribution is 2.35. The molecule has 1 aliphatic heterocycles. The molecule has 1 aromatic rings. The van der Waals surface area contributed by atoms with Crippen LogP contribution in [0.3, 0.4) is 0 Å². The Balaban J connectivity index is 1.93. The molecule has 1 aliphatic rings. The molecule has 0 fully saturated rings. The third-order valence-corrected chi connectivity index (χ3v) is 4.12. The van der Waals surface area contributed by atoms with Crippen LogP contribution in [0.5, 0.6) is 11.5 Å². The SMILES string of the molecule is CCOc1cc2c(cc1CNC(=NC)NCCNC(C)(C)C)OC(C)C2. The smallest absolute Gasteiger partial charge is 0.191 e. The second-order valence-electron chi connectivity index (χ2n) is 7.66. The minimum atomic E-state index is 0.118. The highest BCUT2D eigenvalue weighted by Gasteiger charge is 2.21. The number of nitrogens with one attached hydrogen (secondary N) is 3. The number of hydrogen-bond donors (Lipinski definition) is 3. The van der Waals surface area contributed by atoms with Gasteiger partial charge >= 0.3 is 0 Å². The summed E-state index contributed by atoms with van der Waals surface area (Å²) in [5, 5.41) is 10.1. The summed E-state index contributed by atoms with van der Waals surface area (Å²) < 4.78 is 11.7. The molecule has 0 saturated heterocycles. The van der Waals surface area contributed by atoms with Gasteiger partial charge < -0.3 is 25.4 Å². The van der Waals surface area contributed by atoms with Gasteiger partial charge in [-0.25, -0.2) is 0 Å². The highest BCUT2D eigenvalue weighted by atomic mass is 16.5. The molecule has 0 spiro atoms. The lowest BCUT2D eigenvalue weighted by molar-refractivity contribution is 0.254. The minimum Gasteiger partial charge on any atom is -0.494 e. The lowest BCUT2D eigenvalue weighted by atomic mass is 10.1. The van der Waals surface area contributed by atoms with Crippen molar-refractivity contribution in [2.45, 2.75) is 59.2 Å². The zero-order chi connectivity index (χ0) is 19.2. The Morgan fingerprint density at radius 3 is 2.69 bits per heavy atom. The molecule has 0 radical (unpaired) electrons. The Labute approximate surface area is 157 Å². The van der Waals surface area contributed by atoms with E-state index >= 15 is 0 Å². The second-order valence-corrected chi connectivity index (χ2v) is 7.66. The number of ether oxygens (including phenoxy) is 2. The van der Waals surface area contributed by atoms with E-state index in [9.17, 15) is 0 Å². The summed E-state index contributed by atoms with van der Waals surface area (Å²) in [6.45, 7) is 13.5. The third-order valence-electron chi connectivity index (χ3n) is 4.12. The van der Waals surface area contributed by atoms with Crippen LogP contribution in [0.15, 0.2) is 17.1 Å². The number of aliphatic imine (C=N–C) groups is 1. The van der Waals surface area contributed by atoms with Crippen LogP contribution in [-0.4, -0.2) is 44.3 Å². The molecule has 1 unspecified atom stereocenters. The molecule has 1 aromatic carbocycles. The van der Waals surface area contributed by atoms with Gasteiger partial charge in [-0.05, 0) is 46.8 Å². The van der Waals surface area contributed by atoms with E-state index in [0.29, 0.717) is 13.2 Å². The van der Waals surface area contributed by atoms with Gasteiger partial charge in [-0.15, -0.1) is 0 Å². The van der Waals surface area contributed by atoms with Crippen LogP contribution in [0, 0.1) is 0 Å².